The molecule has 0 heterocycles. The third kappa shape index (κ3) is 9.44. The molecular formula is C9H21N3O2. The van der Waals surface area contributed by atoms with Gasteiger partial charge in [-0.3, -0.25) is 4.79 Å². The minimum atomic E-state index is -1.08. The zero-order valence-corrected chi connectivity index (χ0v) is 8.79. The first kappa shape index (κ1) is 13.4. The standard InChI is InChI=1S/C9H21N3O2/c1-2-14-8(13)6-4-3-5-7-9(10,11)12/h2-7,10-12H2,1H3. The molecule has 0 radical (unpaired) electrons. The highest BCUT2D eigenvalue weighted by Crippen LogP contribution is 2.06. The molecule has 5 heteroatoms. The summed E-state index contributed by atoms with van der Waals surface area (Å²) in [7, 11) is 0. The molecule has 0 aromatic heterocycles. The lowest BCUT2D eigenvalue weighted by Gasteiger charge is -2.17. The van der Waals surface area contributed by atoms with Crippen molar-refractivity contribution in [1.29, 1.82) is 0 Å². The largest absolute Gasteiger partial charge is 0.466 e. The highest BCUT2D eigenvalue weighted by molar-refractivity contribution is 5.69. The highest BCUT2D eigenvalue weighted by atomic mass is 16.5. The summed E-state index contributed by atoms with van der Waals surface area (Å²) in [6, 6.07) is 0. The van der Waals surface area contributed by atoms with Crippen LogP contribution in [0.4, 0.5) is 0 Å². The average Bonchev–Trinajstić information content (AvgIpc) is 2.02. The average molecular weight is 203 g/mol. The van der Waals surface area contributed by atoms with Gasteiger partial charge in [0.25, 0.3) is 0 Å². The van der Waals surface area contributed by atoms with Crippen LogP contribution in [0.1, 0.15) is 39.0 Å². The van der Waals surface area contributed by atoms with Gasteiger partial charge in [0.1, 0.15) is 5.79 Å². The number of esters is 1. The third-order valence-electron chi connectivity index (χ3n) is 1.80. The Hall–Kier alpha value is -0.650. The van der Waals surface area contributed by atoms with Crippen LogP contribution in [-0.2, 0) is 9.53 Å². The van der Waals surface area contributed by atoms with E-state index in [0.29, 0.717) is 19.4 Å². The Morgan fingerprint density at radius 2 is 1.86 bits per heavy atom. The van der Waals surface area contributed by atoms with Gasteiger partial charge in [0, 0.05) is 6.42 Å². The van der Waals surface area contributed by atoms with Crippen molar-refractivity contribution in [1.82, 2.24) is 0 Å². The first-order valence-corrected chi connectivity index (χ1v) is 4.98. The molecule has 14 heavy (non-hydrogen) atoms. The van der Waals surface area contributed by atoms with Crippen LogP contribution in [0.3, 0.4) is 0 Å². The number of rotatable bonds is 7. The second-order valence-corrected chi connectivity index (χ2v) is 3.48. The molecule has 0 fully saturated rings. The summed E-state index contributed by atoms with van der Waals surface area (Å²) >= 11 is 0. The van der Waals surface area contributed by atoms with Crippen molar-refractivity contribution in [2.75, 3.05) is 6.61 Å². The van der Waals surface area contributed by atoms with Gasteiger partial charge in [-0.05, 0) is 26.2 Å². The van der Waals surface area contributed by atoms with E-state index in [2.05, 4.69) is 0 Å². The monoisotopic (exact) mass is 203 g/mol. The van der Waals surface area contributed by atoms with Crippen molar-refractivity contribution in [2.45, 2.75) is 44.8 Å². The van der Waals surface area contributed by atoms with Crippen LogP contribution >= 0.6 is 0 Å². The van der Waals surface area contributed by atoms with Gasteiger partial charge in [-0.2, -0.15) is 0 Å². The predicted octanol–water partition coefficient (Wildman–Crippen LogP) is 0.0299. The van der Waals surface area contributed by atoms with Crippen LogP contribution in [0.25, 0.3) is 0 Å². The maximum Gasteiger partial charge on any atom is 0.305 e. The van der Waals surface area contributed by atoms with E-state index in [1.165, 1.54) is 0 Å². The number of unbranched alkanes of at least 4 members (excludes halogenated alkanes) is 2. The minimum Gasteiger partial charge on any atom is -0.466 e. The van der Waals surface area contributed by atoms with Crippen LogP contribution in [0.2, 0.25) is 0 Å². The molecule has 0 aliphatic carbocycles. The minimum absolute atomic E-state index is 0.146. The molecule has 0 aromatic rings. The van der Waals surface area contributed by atoms with Crippen LogP contribution < -0.4 is 17.2 Å². The first-order valence-electron chi connectivity index (χ1n) is 4.98. The molecular weight excluding hydrogens is 182 g/mol. The molecule has 0 rings (SSSR count). The van der Waals surface area contributed by atoms with E-state index in [4.69, 9.17) is 21.9 Å². The smallest absolute Gasteiger partial charge is 0.305 e. The van der Waals surface area contributed by atoms with E-state index in [0.717, 1.165) is 19.3 Å². The van der Waals surface area contributed by atoms with E-state index < -0.39 is 5.79 Å². The second-order valence-electron chi connectivity index (χ2n) is 3.48. The lowest BCUT2D eigenvalue weighted by Crippen LogP contribution is -2.57. The zero-order valence-electron chi connectivity index (χ0n) is 8.79. The Labute approximate surface area is 85.0 Å². The van der Waals surface area contributed by atoms with Crippen molar-refractivity contribution >= 4 is 5.97 Å². The normalized spacial score (nSPS) is 11.4. The Morgan fingerprint density at radius 3 is 2.36 bits per heavy atom. The zero-order chi connectivity index (χ0) is 11.0. The lowest BCUT2D eigenvalue weighted by atomic mass is 10.1. The van der Waals surface area contributed by atoms with E-state index in [9.17, 15) is 4.79 Å². The lowest BCUT2D eigenvalue weighted by molar-refractivity contribution is -0.143. The van der Waals surface area contributed by atoms with Gasteiger partial charge < -0.3 is 21.9 Å². The molecule has 84 valence electrons. The molecule has 0 aliphatic heterocycles. The summed E-state index contributed by atoms with van der Waals surface area (Å²) in [6.45, 7) is 2.24. The Morgan fingerprint density at radius 1 is 1.21 bits per heavy atom. The molecule has 0 aromatic carbocycles. The van der Waals surface area contributed by atoms with Crippen LogP contribution in [0, 0.1) is 0 Å². The van der Waals surface area contributed by atoms with Crippen molar-refractivity contribution in [3.8, 4) is 0 Å². The summed E-state index contributed by atoms with van der Waals surface area (Å²) in [4.78, 5) is 10.9. The van der Waals surface area contributed by atoms with Crippen molar-refractivity contribution < 1.29 is 9.53 Å². The summed E-state index contributed by atoms with van der Waals surface area (Å²) in [5.74, 6) is -1.23. The molecule has 0 aliphatic rings. The van der Waals surface area contributed by atoms with Gasteiger partial charge in [-0.1, -0.05) is 6.42 Å². The van der Waals surface area contributed by atoms with Crippen LogP contribution in [-0.4, -0.2) is 18.4 Å². The van der Waals surface area contributed by atoms with E-state index in [-0.39, 0.29) is 5.97 Å². The molecule has 0 unspecified atom stereocenters. The van der Waals surface area contributed by atoms with Gasteiger partial charge in [0.05, 0.1) is 6.61 Å². The number of carbonyl (C=O) groups excluding carboxylic acids is 1. The Kier molecular flexibility index (Phi) is 6.44. The topological polar surface area (TPSA) is 104 Å². The summed E-state index contributed by atoms with van der Waals surface area (Å²) in [6.07, 6.45) is 3.56. The molecule has 0 amide bonds. The van der Waals surface area contributed by atoms with E-state index in [1.807, 2.05) is 0 Å². The number of hydrogen-bond donors (Lipinski definition) is 3. The summed E-state index contributed by atoms with van der Waals surface area (Å²) in [5.41, 5.74) is 16.2. The third-order valence-corrected chi connectivity index (χ3v) is 1.80. The molecule has 0 saturated heterocycles. The van der Waals surface area contributed by atoms with Gasteiger partial charge in [-0.25, -0.2) is 0 Å². The maximum atomic E-state index is 10.9. The fraction of sp³-hybridized carbons (Fsp3) is 0.889. The fourth-order valence-electron chi connectivity index (χ4n) is 1.11. The SMILES string of the molecule is CCOC(=O)CCCCCC(N)(N)N. The van der Waals surface area contributed by atoms with Crippen molar-refractivity contribution in [3.05, 3.63) is 0 Å². The van der Waals surface area contributed by atoms with Crippen molar-refractivity contribution in [3.63, 3.8) is 0 Å². The van der Waals surface area contributed by atoms with Gasteiger partial charge >= 0.3 is 5.97 Å². The molecule has 6 N–H and O–H groups in total. The summed E-state index contributed by atoms with van der Waals surface area (Å²) in [5, 5.41) is 0. The van der Waals surface area contributed by atoms with Crippen LogP contribution in [0.5, 0.6) is 0 Å². The van der Waals surface area contributed by atoms with Gasteiger partial charge in [0.15, 0.2) is 0 Å². The fourth-order valence-corrected chi connectivity index (χ4v) is 1.11. The molecule has 5 nitrogen and oxygen atoms in total. The van der Waals surface area contributed by atoms with Crippen molar-refractivity contribution in [2.24, 2.45) is 17.2 Å². The second kappa shape index (κ2) is 6.75. The molecule has 0 spiro atoms. The maximum absolute atomic E-state index is 10.9. The quantitative estimate of drug-likeness (QED) is 0.307. The van der Waals surface area contributed by atoms with E-state index >= 15 is 0 Å². The molecule has 0 bridgehead atoms. The molecule has 0 saturated carbocycles. The number of nitrogens with two attached hydrogens (primary N) is 3. The summed E-state index contributed by atoms with van der Waals surface area (Å²) < 4.78 is 4.78. The van der Waals surface area contributed by atoms with Gasteiger partial charge in [-0.15, -0.1) is 0 Å². The van der Waals surface area contributed by atoms with Crippen LogP contribution in [0.15, 0.2) is 0 Å². The molecule has 0 atom stereocenters. The Bertz CT molecular complexity index is 166. The number of ether oxygens (including phenoxy) is 1. The Balaban J connectivity index is 3.26. The number of carbonyl (C=O) groups is 1. The van der Waals surface area contributed by atoms with E-state index in [1.54, 1.807) is 6.92 Å². The highest BCUT2D eigenvalue weighted by Gasteiger charge is 2.10. The number of hydrogen-bond acceptors (Lipinski definition) is 5. The predicted molar refractivity (Wildman–Crippen MR) is 55.0 cm³/mol. The first-order chi connectivity index (χ1) is 6.45. The van der Waals surface area contributed by atoms with Gasteiger partial charge in [0.2, 0.25) is 0 Å².